The van der Waals surface area contributed by atoms with E-state index in [9.17, 15) is 9.18 Å². The molecule has 0 heterocycles. The number of carbonyl (C=O) groups is 1. The normalized spacial score (nSPS) is 11.1. The van der Waals surface area contributed by atoms with Crippen LogP contribution in [0, 0.1) is 5.82 Å². The number of hydrogen-bond donors (Lipinski definition) is 1. The zero-order valence-corrected chi connectivity index (χ0v) is 12.7. The molecule has 2 aromatic carbocycles. The smallest absolute Gasteiger partial charge is 0.340 e. The average molecular weight is 320 g/mol. The predicted octanol–water partition coefficient (Wildman–Crippen LogP) is 4.50. The van der Waals surface area contributed by atoms with Crippen molar-refractivity contribution in [3.8, 4) is 0 Å². The molecule has 3 nitrogen and oxygen atoms in total. The molecule has 0 spiro atoms. The lowest BCUT2D eigenvalue weighted by Gasteiger charge is -2.09. The molecule has 0 aromatic heterocycles. The van der Waals surface area contributed by atoms with E-state index in [1.165, 1.54) is 12.3 Å². The standard InChI is InChI=1S/C17H15ClFNO2/c1-2-22-17(21)14(12-7-9-13(18)10-8-12)11-20-16-6-4-3-5-15(16)19/h3-11,20H,2H2,1H3/b14-11-. The Morgan fingerprint density at radius 3 is 2.55 bits per heavy atom. The van der Waals surface area contributed by atoms with E-state index in [2.05, 4.69) is 5.32 Å². The van der Waals surface area contributed by atoms with Gasteiger partial charge in [0.05, 0.1) is 17.9 Å². The first-order chi connectivity index (χ1) is 10.6. The number of hydrogen-bond acceptors (Lipinski definition) is 3. The van der Waals surface area contributed by atoms with Gasteiger partial charge in [0.15, 0.2) is 0 Å². The molecular weight excluding hydrogens is 305 g/mol. The van der Waals surface area contributed by atoms with Gasteiger partial charge in [-0.3, -0.25) is 0 Å². The summed E-state index contributed by atoms with van der Waals surface area (Å²) in [6, 6.07) is 13.0. The fraction of sp³-hybridized carbons (Fsp3) is 0.118. The van der Waals surface area contributed by atoms with Crippen LogP contribution in [0.2, 0.25) is 5.02 Å². The summed E-state index contributed by atoms with van der Waals surface area (Å²) >= 11 is 5.85. The van der Waals surface area contributed by atoms with Crippen molar-refractivity contribution in [2.45, 2.75) is 6.92 Å². The first-order valence-electron chi connectivity index (χ1n) is 6.76. The van der Waals surface area contributed by atoms with Crippen molar-refractivity contribution in [3.63, 3.8) is 0 Å². The molecule has 0 saturated heterocycles. The Kier molecular flexibility index (Phi) is 5.55. The van der Waals surface area contributed by atoms with Gasteiger partial charge in [-0.15, -0.1) is 0 Å². The molecule has 0 bridgehead atoms. The quantitative estimate of drug-likeness (QED) is 0.651. The Morgan fingerprint density at radius 1 is 1.23 bits per heavy atom. The Balaban J connectivity index is 2.31. The first-order valence-corrected chi connectivity index (χ1v) is 7.14. The monoisotopic (exact) mass is 319 g/mol. The average Bonchev–Trinajstić information content (AvgIpc) is 2.51. The van der Waals surface area contributed by atoms with Crippen molar-refractivity contribution < 1.29 is 13.9 Å². The number of halogens is 2. The van der Waals surface area contributed by atoms with Gasteiger partial charge in [0.2, 0.25) is 0 Å². The Labute approximate surface area is 133 Å². The van der Waals surface area contributed by atoms with Crippen molar-refractivity contribution in [1.82, 2.24) is 0 Å². The highest BCUT2D eigenvalue weighted by atomic mass is 35.5. The number of para-hydroxylation sites is 1. The van der Waals surface area contributed by atoms with Crippen LogP contribution in [0.15, 0.2) is 54.7 Å². The lowest BCUT2D eigenvalue weighted by Crippen LogP contribution is -2.08. The van der Waals surface area contributed by atoms with Gasteiger partial charge in [-0.2, -0.15) is 0 Å². The van der Waals surface area contributed by atoms with Gasteiger partial charge >= 0.3 is 5.97 Å². The van der Waals surface area contributed by atoms with Crippen LogP contribution in [-0.2, 0) is 9.53 Å². The topological polar surface area (TPSA) is 38.3 Å². The third-order valence-corrected chi connectivity index (χ3v) is 3.15. The lowest BCUT2D eigenvalue weighted by molar-refractivity contribution is -0.136. The third-order valence-electron chi connectivity index (χ3n) is 2.90. The van der Waals surface area contributed by atoms with Gasteiger partial charge in [0.25, 0.3) is 0 Å². The second kappa shape index (κ2) is 7.61. The second-order valence-electron chi connectivity index (χ2n) is 4.41. The Hall–Kier alpha value is -2.33. The summed E-state index contributed by atoms with van der Waals surface area (Å²) in [5.41, 5.74) is 1.20. The number of esters is 1. The molecule has 2 aromatic rings. The molecule has 0 atom stereocenters. The van der Waals surface area contributed by atoms with Crippen molar-refractivity contribution in [1.29, 1.82) is 0 Å². The molecule has 0 radical (unpaired) electrons. The van der Waals surface area contributed by atoms with E-state index < -0.39 is 11.8 Å². The van der Waals surface area contributed by atoms with Crippen LogP contribution in [0.25, 0.3) is 5.57 Å². The number of nitrogens with one attached hydrogen (secondary N) is 1. The Bertz CT molecular complexity index is 683. The van der Waals surface area contributed by atoms with Crippen LogP contribution in [0.3, 0.4) is 0 Å². The Morgan fingerprint density at radius 2 is 1.91 bits per heavy atom. The van der Waals surface area contributed by atoms with Crippen molar-refractivity contribution >= 4 is 28.8 Å². The van der Waals surface area contributed by atoms with Gasteiger partial charge in [0.1, 0.15) is 5.82 Å². The number of ether oxygens (including phenoxy) is 1. The zero-order valence-electron chi connectivity index (χ0n) is 12.0. The maximum Gasteiger partial charge on any atom is 0.340 e. The second-order valence-corrected chi connectivity index (χ2v) is 4.85. The van der Waals surface area contributed by atoms with Crippen LogP contribution in [0.4, 0.5) is 10.1 Å². The molecule has 5 heteroatoms. The third kappa shape index (κ3) is 4.09. The molecule has 0 fully saturated rings. The number of anilines is 1. The summed E-state index contributed by atoms with van der Waals surface area (Å²) in [6.45, 7) is 1.98. The van der Waals surface area contributed by atoms with E-state index >= 15 is 0 Å². The fourth-order valence-corrected chi connectivity index (χ4v) is 1.95. The van der Waals surface area contributed by atoms with Gasteiger partial charge in [-0.05, 0) is 36.8 Å². The first kappa shape index (κ1) is 16.0. The van der Waals surface area contributed by atoms with Gasteiger partial charge in [-0.1, -0.05) is 35.9 Å². The minimum absolute atomic E-state index is 0.253. The van der Waals surface area contributed by atoms with Gasteiger partial charge in [0, 0.05) is 11.2 Å². The van der Waals surface area contributed by atoms with E-state index in [0.717, 1.165) is 0 Å². The summed E-state index contributed by atoms with van der Waals surface area (Å²) in [5, 5.41) is 3.36. The van der Waals surface area contributed by atoms with Crippen molar-refractivity contribution in [2.24, 2.45) is 0 Å². The summed E-state index contributed by atoms with van der Waals surface area (Å²) in [6.07, 6.45) is 1.43. The molecular formula is C17H15ClFNO2. The zero-order chi connectivity index (χ0) is 15.9. The van der Waals surface area contributed by atoms with Gasteiger partial charge in [-0.25, -0.2) is 9.18 Å². The highest BCUT2D eigenvalue weighted by molar-refractivity contribution is 6.30. The van der Waals surface area contributed by atoms with Crippen LogP contribution >= 0.6 is 11.6 Å². The summed E-state index contributed by atoms with van der Waals surface area (Å²) in [4.78, 5) is 12.1. The molecule has 114 valence electrons. The van der Waals surface area contributed by atoms with E-state index in [-0.39, 0.29) is 12.3 Å². The summed E-state index contributed by atoms with van der Waals surface area (Å²) in [5.74, 6) is -0.897. The van der Waals surface area contributed by atoms with Crippen molar-refractivity contribution in [2.75, 3.05) is 11.9 Å². The largest absolute Gasteiger partial charge is 0.462 e. The molecule has 0 saturated carbocycles. The fourth-order valence-electron chi connectivity index (χ4n) is 1.83. The highest BCUT2D eigenvalue weighted by Gasteiger charge is 2.13. The van der Waals surface area contributed by atoms with Crippen LogP contribution < -0.4 is 5.32 Å². The van der Waals surface area contributed by atoms with E-state index in [4.69, 9.17) is 16.3 Å². The van der Waals surface area contributed by atoms with E-state index in [1.54, 1.807) is 49.4 Å². The van der Waals surface area contributed by atoms with E-state index in [1.807, 2.05) is 0 Å². The molecule has 22 heavy (non-hydrogen) atoms. The van der Waals surface area contributed by atoms with Crippen molar-refractivity contribution in [3.05, 3.63) is 71.1 Å². The molecule has 0 aliphatic rings. The minimum atomic E-state index is -0.492. The lowest BCUT2D eigenvalue weighted by atomic mass is 10.1. The predicted molar refractivity (Wildman–Crippen MR) is 86.1 cm³/mol. The maximum atomic E-state index is 13.6. The highest BCUT2D eigenvalue weighted by Crippen LogP contribution is 2.20. The molecule has 0 aliphatic heterocycles. The summed E-state index contributed by atoms with van der Waals surface area (Å²) < 4.78 is 18.7. The molecule has 1 N–H and O–H groups in total. The SMILES string of the molecule is CCOC(=O)/C(=C\Nc1ccccc1F)c1ccc(Cl)cc1. The molecule has 2 rings (SSSR count). The van der Waals surface area contributed by atoms with Crippen LogP contribution in [0.5, 0.6) is 0 Å². The number of rotatable bonds is 5. The van der Waals surface area contributed by atoms with Gasteiger partial charge < -0.3 is 10.1 Å². The number of carbonyl (C=O) groups excluding carboxylic acids is 1. The molecule has 0 amide bonds. The van der Waals surface area contributed by atoms with Crippen LogP contribution in [-0.4, -0.2) is 12.6 Å². The maximum absolute atomic E-state index is 13.6. The summed E-state index contributed by atoms with van der Waals surface area (Å²) in [7, 11) is 0. The van der Waals surface area contributed by atoms with E-state index in [0.29, 0.717) is 16.2 Å². The molecule has 0 aliphatic carbocycles. The minimum Gasteiger partial charge on any atom is -0.462 e. The van der Waals surface area contributed by atoms with Crippen LogP contribution in [0.1, 0.15) is 12.5 Å². The number of benzene rings is 2. The molecule has 0 unspecified atom stereocenters.